The van der Waals surface area contributed by atoms with Crippen LogP contribution in [0, 0.1) is 0 Å². The Morgan fingerprint density at radius 2 is 2.24 bits per heavy atom. The highest BCUT2D eigenvalue weighted by Crippen LogP contribution is 2.32. The SMILES string of the molecule is C[C@H]1Cc2ccccc2N1C(=O)[C@H]1CCCN1. The van der Waals surface area contributed by atoms with Gasteiger partial charge >= 0.3 is 0 Å². The zero-order valence-electron chi connectivity index (χ0n) is 10.1. The van der Waals surface area contributed by atoms with Crippen molar-refractivity contribution in [3.05, 3.63) is 29.8 Å². The Balaban J connectivity index is 1.89. The number of para-hydroxylation sites is 1. The minimum Gasteiger partial charge on any atom is -0.308 e. The fourth-order valence-corrected chi connectivity index (χ4v) is 2.96. The molecule has 1 N–H and O–H groups in total. The van der Waals surface area contributed by atoms with Crippen LogP contribution in [0.4, 0.5) is 5.69 Å². The third kappa shape index (κ3) is 1.75. The Morgan fingerprint density at radius 1 is 1.41 bits per heavy atom. The number of nitrogens with zero attached hydrogens (tertiary/aromatic N) is 1. The van der Waals surface area contributed by atoms with Gasteiger partial charge in [0.25, 0.3) is 0 Å². The predicted molar refractivity (Wildman–Crippen MR) is 68.1 cm³/mol. The summed E-state index contributed by atoms with van der Waals surface area (Å²) in [4.78, 5) is 14.5. The summed E-state index contributed by atoms with van der Waals surface area (Å²) in [5.74, 6) is 0.250. The lowest BCUT2D eigenvalue weighted by Gasteiger charge is -2.25. The van der Waals surface area contributed by atoms with Crippen LogP contribution in [0.25, 0.3) is 0 Å². The van der Waals surface area contributed by atoms with Crippen LogP contribution in [-0.4, -0.2) is 24.5 Å². The molecule has 1 saturated heterocycles. The molecule has 1 amide bonds. The molecule has 1 aromatic rings. The number of hydrogen-bond acceptors (Lipinski definition) is 2. The van der Waals surface area contributed by atoms with Crippen LogP contribution in [0.1, 0.15) is 25.3 Å². The van der Waals surface area contributed by atoms with E-state index >= 15 is 0 Å². The maximum Gasteiger partial charge on any atom is 0.244 e. The van der Waals surface area contributed by atoms with Gasteiger partial charge in [-0.3, -0.25) is 4.79 Å². The molecule has 0 aliphatic carbocycles. The average molecular weight is 230 g/mol. The molecule has 1 aromatic carbocycles. The number of fused-ring (bicyclic) bond motifs is 1. The van der Waals surface area contributed by atoms with E-state index in [1.807, 2.05) is 17.0 Å². The first-order valence-electron chi connectivity index (χ1n) is 6.42. The second-order valence-electron chi connectivity index (χ2n) is 5.04. The van der Waals surface area contributed by atoms with Crippen molar-refractivity contribution < 1.29 is 4.79 Å². The van der Waals surface area contributed by atoms with Crippen LogP contribution >= 0.6 is 0 Å². The van der Waals surface area contributed by atoms with Gasteiger partial charge in [-0.1, -0.05) is 18.2 Å². The lowest BCUT2D eigenvalue weighted by atomic mass is 10.1. The maximum atomic E-state index is 12.5. The van der Waals surface area contributed by atoms with E-state index < -0.39 is 0 Å². The molecule has 2 atom stereocenters. The zero-order valence-corrected chi connectivity index (χ0v) is 10.1. The highest BCUT2D eigenvalue weighted by Gasteiger charge is 2.35. The first kappa shape index (κ1) is 10.8. The van der Waals surface area contributed by atoms with Crippen molar-refractivity contribution >= 4 is 11.6 Å². The molecule has 2 heterocycles. The summed E-state index contributed by atoms with van der Waals surface area (Å²) in [5.41, 5.74) is 2.41. The second kappa shape index (κ2) is 4.15. The monoisotopic (exact) mass is 230 g/mol. The number of carbonyl (C=O) groups is 1. The molecule has 0 saturated carbocycles. The normalized spacial score (nSPS) is 27.2. The number of anilines is 1. The van der Waals surface area contributed by atoms with Crippen LogP contribution in [-0.2, 0) is 11.2 Å². The van der Waals surface area contributed by atoms with E-state index in [4.69, 9.17) is 0 Å². The summed E-state index contributed by atoms with van der Waals surface area (Å²) in [6.45, 7) is 3.10. The predicted octanol–water partition coefficient (Wildman–Crippen LogP) is 1.72. The topological polar surface area (TPSA) is 32.3 Å². The maximum absolute atomic E-state index is 12.5. The Kier molecular flexibility index (Phi) is 2.63. The summed E-state index contributed by atoms with van der Waals surface area (Å²) in [6.07, 6.45) is 3.07. The van der Waals surface area contributed by atoms with Crippen molar-refractivity contribution in [1.29, 1.82) is 0 Å². The number of hydrogen-bond donors (Lipinski definition) is 1. The van der Waals surface area contributed by atoms with Gasteiger partial charge in [0.1, 0.15) is 0 Å². The third-order valence-electron chi connectivity index (χ3n) is 3.80. The van der Waals surface area contributed by atoms with Gasteiger partial charge in [-0.15, -0.1) is 0 Å². The Morgan fingerprint density at radius 3 is 3.00 bits per heavy atom. The van der Waals surface area contributed by atoms with E-state index in [0.717, 1.165) is 31.5 Å². The standard InChI is InChI=1S/C14H18N2O/c1-10-9-11-5-2-3-7-13(11)16(10)14(17)12-6-4-8-15-12/h2-3,5,7,10,12,15H,4,6,8-9H2,1H3/t10-,12+/m0/s1. The first-order valence-corrected chi connectivity index (χ1v) is 6.42. The Hall–Kier alpha value is -1.35. The largest absolute Gasteiger partial charge is 0.308 e. The number of rotatable bonds is 1. The molecule has 17 heavy (non-hydrogen) atoms. The van der Waals surface area contributed by atoms with Crippen LogP contribution < -0.4 is 10.2 Å². The number of nitrogens with one attached hydrogen (secondary N) is 1. The van der Waals surface area contributed by atoms with Gasteiger partial charge in [0.05, 0.1) is 6.04 Å². The molecule has 3 rings (SSSR count). The second-order valence-corrected chi connectivity index (χ2v) is 5.04. The molecular formula is C14H18N2O. The first-order chi connectivity index (χ1) is 8.27. The average Bonchev–Trinajstić information content (AvgIpc) is 2.94. The molecule has 3 heteroatoms. The van der Waals surface area contributed by atoms with Gasteiger partial charge < -0.3 is 10.2 Å². The molecule has 0 aromatic heterocycles. The van der Waals surface area contributed by atoms with Crippen molar-refractivity contribution in [2.45, 2.75) is 38.3 Å². The molecule has 0 unspecified atom stereocenters. The van der Waals surface area contributed by atoms with Gasteiger partial charge in [0.15, 0.2) is 0 Å². The number of carbonyl (C=O) groups excluding carboxylic acids is 1. The molecular weight excluding hydrogens is 212 g/mol. The summed E-state index contributed by atoms with van der Waals surface area (Å²) in [7, 11) is 0. The van der Waals surface area contributed by atoms with Crippen LogP contribution in [0.15, 0.2) is 24.3 Å². The van der Waals surface area contributed by atoms with Crippen LogP contribution in [0.3, 0.4) is 0 Å². The highest BCUT2D eigenvalue weighted by atomic mass is 16.2. The third-order valence-corrected chi connectivity index (χ3v) is 3.80. The quantitative estimate of drug-likeness (QED) is 0.796. The Labute approximate surface area is 102 Å². The van der Waals surface area contributed by atoms with E-state index in [1.165, 1.54) is 5.56 Å². The molecule has 2 aliphatic rings. The molecule has 0 bridgehead atoms. The van der Waals surface area contributed by atoms with E-state index in [9.17, 15) is 4.79 Å². The van der Waals surface area contributed by atoms with Crippen molar-refractivity contribution in [2.24, 2.45) is 0 Å². The summed E-state index contributed by atoms with van der Waals surface area (Å²) in [5, 5.41) is 3.29. The highest BCUT2D eigenvalue weighted by molar-refractivity contribution is 5.99. The molecule has 2 aliphatic heterocycles. The molecule has 0 radical (unpaired) electrons. The Bertz CT molecular complexity index is 438. The number of benzene rings is 1. The molecule has 0 spiro atoms. The van der Waals surface area contributed by atoms with Gasteiger partial charge in [-0.25, -0.2) is 0 Å². The smallest absolute Gasteiger partial charge is 0.244 e. The number of amides is 1. The van der Waals surface area contributed by atoms with Crippen molar-refractivity contribution in [3.8, 4) is 0 Å². The van der Waals surface area contributed by atoms with Crippen molar-refractivity contribution in [1.82, 2.24) is 5.32 Å². The lowest BCUT2D eigenvalue weighted by Crippen LogP contribution is -2.46. The van der Waals surface area contributed by atoms with E-state index in [2.05, 4.69) is 24.4 Å². The van der Waals surface area contributed by atoms with Gasteiger partial charge in [0, 0.05) is 11.7 Å². The summed E-state index contributed by atoms with van der Waals surface area (Å²) >= 11 is 0. The van der Waals surface area contributed by atoms with Crippen LogP contribution in [0.5, 0.6) is 0 Å². The van der Waals surface area contributed by atoms with Gasteiger partial charge in [-0.2, -0.15) is 0 Å². The zero-order chi connectivity index (χ0) is 11.8. The van der Waals surface area contributed by atoms with Gasteiger partial charge in [0.2, 0.25) is 5.91 Å². The van der Waals surface area contributed by atoms with E-state index in [1.54, 1.807) is 0 Å². The lowest BCUT2D eigenvalue weighted by molar-refractivity contribution is -0.120. The molecule has 90 valence electrons. The van der Waals surface area contributed by atoms with E-state index in [-0.39, 0.29) is 11.9 Å². The van der Waals surface area contributed by atoms with Crippen molar-refractivity contribution in [3.63, 3.8) is 0 Å². The fourth-order valence-electron chi connectivity index (χ4n) is 2.96. The molecule has 3 nitrogen and oxygen atoms in total. The minimum absolute atomic E-state index is 0.0311. The molecule has 1 fully saturated rings. The minimum atomic E-state index is 0.0311. The van der Waals surface area contributed by atoms with Crippen molar-refractivity contribution in [2.75, 3.05) is 11.4 Å². The summed E-state index contributed by atoms with van der Waals surface area (Å²) in [6, 6.07) is 8.57. The van der Waals surface area contributed by atoms with E-state index in [0.29, 0.717) is 6.04 Å². The van der Waals surface area contributed by atoms with Crippen LogP contribution in [0.2, 0.25) is 0 Å². The summed E-state index contributed by atoms with van der Waals surface area (Å²) < 4.78 is 0. The fraction of sp³-hybridized carbons (Fsp3) is 0.500. The van der Waals surface area contributed by atoms with Gasteiger partial charge in [-0.05, 0) is 44.4 Å².